The van der Waals surface area contributed by atoms with Gasteiger partial charge in [0.1, 0.15) is 5.71 Å². The topological polar surface area (TPSA) is 45.1 Å². The van der Waals surface area contributed by atoms with Crippen LogP contribution in [0, 0.1) is 0 Å². The fourth-order valence-electron chi connectivity index (χ4n) is 5.11. The second-order valence-corrected chi connectivity index (χ2v) is 8.81. The van der Waals surface area contributed by atoms with Gasteiger partial charge in [-0.25, -0.2) is 0 Å². The van der Waals surface area contributed by atoms with Crippen LogP contribution in [0.2, 0.25) is 0 Å². The number of halogens is 3. The van der Waals surface area contributed by atoms with E-state index in [9.17, 15) is 18.0 Å². The van der Waals surface area contributed by atoms with E-state index in [4.69, 9.17) is 4.74 Å². The van der Waals surface area contributed by atoms with Crippen LogP contribution in [0.1, 0.15) is 36.3 Å². The van der Waals surface area contributed by atoms with E-state index in [-0.39, 0.29) is 11.8 Å². The van der Waals surface area contributed by atoms with Gasteiger partial charge in [-0.1, -0.05) is 18.2 Å². The molecular weight excluding hydrogens is 407 g/mol. The van der Waals surface area contributed by atoms with E-state index in [0.29, 0.717) is 49.8 Å². The Bertz CT molecular complexity index is 928. The van der Waals surface area contributed by atoms with Crippen LogP contribution in [0.25, 0.3) is 0 Å². The number of benzene rings is 1. The molecule has 1 aromatic carbocycles. The Morgan fingerprint density at radius 3 is 2.52 bits per heavy atom. The first kappa shape index (κ1) is 20.7. The summed E-state index contributed by atoms with van der Waals surface area (Å²) in [5.74, 6) is -0.259. The molecule has 0 bridgehead atoms. The van der Waals surface area contributed by atoms with Gasteiger partial charge in [-0.3, -0.25) is 14.7 Å². The molecule has 4 aliphatic heterocycles. The predicted octanol–water partition coefficient (Wildman–Crippen LogP) is 3.27. The number of amides is 1. The third kappa shape index (κ3) is 3.91. The van der Waals surface area contributed by atoms with E-state index in [0.717, 1.165) is 44.4 Å². The Morgan fingerprint density at radius 1 is 1.10 bits per heavy atom. The first-order valence-electron chi connectivity index (χ1n) is 10.9. The Morgan fingerprint density at radius 2 is 1.84 bits per heavy atom. The highest BCUT2D eigenvalue weighted by atomic mass is 19.4. The standard InChI is InChI=1S/C23H26F3N3O2/c24-23(25,26)20-4-2-1-3-18(20)15-5-8-28(9-6-15)22(30)21-19-12-29(17-13-31-14-17)10-7-16(19)11-27-21/h1-4,15,17H,5-14H2. The second kappa shape index (κ2) is 8.06. The van der Waals surface area contributed by atoms with Crippen LogP contribution >= 0.6 is 0 Å². The van der Waals surface area contributed by atoms with E-state index in [1.54, 1.807) is 17.0 Å². The molecule has 1 aromatic rings. The molecule has 0 unspecified atom stereocenters. The minimum atomic E-state index is -4.36. The summed E-state index contributed by atoms with van der Waals surface area (Å²) in [5, 5.41) is 0. The quantitative estimate of drug-likeness (QED) is 0.735. The van der Waals surface area contributed by atoms with E-state index in [1.165, 1.54) is 11.6 Å². The average Bonchev–Trinajstić information content (AvgIpc) is 3.15. The number of nitrogens with zero attached hydrogens (tertiary/aromatic N) is 3. The lowest BCUT2D eigenvalue weighted by Crippen LogP contribution is -2.52. The van der Waals surface area contributed by atoms with Crippen molar-refractivity contribution >= 4 is 11.6 Å². The van der Waals surface area contributed by atoms with Crippen LogP contribution < -0.4 is 0 Å². The zero-order chi connectivity index (χ0) is 21.6. The summed E-state index contributed by atoms with van der Waals surface area (Å²) in [6, 6.07) is 6.23. The molecule has 31 heavy (non-hydrogen) atoms. The van der Waals surface area contributed by atoms with Crippen LogP contribution in [0.15, 0.2) is 40.4 Å². The van der Waals surface area contributed by atoms with Crippen molar-refractivity contribution in [2.75, 3.05) is 45.9 Å². The number of carbonyl (C=O) groups is 1. The highest BCUT2D eigenvalue weighted by Crippen LogP contribution is 2.39. The normalized spacial score (nSPS) is 23.6. The number of ether oxygens (including phenoxy) is 1. The SMILES string of the molecule is O=C(C1=NCC2=C1CN(C1COC1)CC2)N1CCC(c2ccccc2C(F)(F)F)CC1. The molecule has 0 N–H and O–H groups in total. The third-order valence-corrected chi connectivity index (χ3v) is 7.03. The van der Waals surface area contributed by atoms with Gasteiger partial charge in [0.2, 0.25) is 0 Å². The van der Waals surface area contributed by atoms with Crippen LogP contribution in [0.3, 0.4) is 0 Å². The maximum Gasteiger partial charge on any atom is 0.416 e. The molecule has 0 radical (unpaired) electrons. The molecule has 2 fully saturated rings. The number of hydrogen-bond acceptors (Lipinski definition) is 4. The van der Waals surface area contributed by atoms with Crippen LogP contribution in [-0.4, -0.2) is 73.4 Å². The van der Waals surface area contributed by atoms with Gasteiger partial charge >= 0.3 is 6.18 Å². The van der Waals surface area contributed by atoms with Crippen molar-refractivity contribution in [1.82, 2.24) is 9.80 Å². The largest absolute Gasteiger partial charge is 0.416 e. The van der Waals surface area contributed by atoms with Crippen molar-refractivity contribution in [1.29, 1.82) is 0 Å². The average molecular weight is 433 g/mol. The van der Waals surface area contributed by atoms with Crippen molar-refractivity contribution < 1.29 is 22.7 Å². The molecule has 5 rings (SSSR count). The summed E-state index contributed by atoms with van der Waals surface area (Å²) in [4.78, 5) is 21.9. The van der Waals surface area contributed by atoms with Gasteiger partial charge in [0, 0.05) is 26.2 Å². The predicted molar refractivity (Wildman–Crippen MR) is 110 cm³/mol. The molecule has 2 saturated heterocycles. The summed E-state index contributed by atoms with van der Waals surface area (Å²) >= 11 is 0. The van der Waals surface area contributed by atoms with Crippen molar-refractivity contribution in [3.63, 3.8) is 0 Å². The van der Waals surface area contributed by atoms with E-state index < -0.39 is 11.7 Å². The Labute approximate surface area is 179 Å². The highest BCUT2D eigenvalue weighted by Gasteiger charge is 2.38. The number of carbonyl (C=O) groups excluding carboxylic acids is 1. The van der Waals surface area contributed by atoms with Gasteiger partial charge in [0.25, 0.3) is 5.91 Å². The number of alkyl halides is 3. The van der Waals surface area contributed by atoms with Crippen LogP contribution in [-0.2, 0) is 15.7 Å². The Hall–Kier alpha value is -2.19. The summed E-state index contributed by atoms with van der Waals surface area (Å²) in [5.41, 5.74) is 2.67. The first-order valence-corrected chi connectivity index (χ1v) is 10.9. The third-order valence-electron chi connectivity index (χ3n) is 7.03. The van der Waals surface area contributed by atoms with Gasteiger partial charge in [-0.2, -0.15) is 13.2 Å². The smallest absolute Gasteiger partial charge is 0.378 e. The monoisotopic (exact) mass is 433 g/mol. The molecule has 1 amide bonds. The summed E-state index contributed by atoms with van der Waals surface area (Å²) in [6.07, 6.45) is -2.36. The van der Waals surface area contributed by atoms with Crippen molar-refractivity contribution in [3.05, 3.63) is 46.5 Å². The number of rotatable bonds is 3. The lowest BCUT2D eigenvalue weighted by molar-refractivity contribution is -0.138. The lowest BCUT2D eigenvalue weighted by atomic mass is 9.86. The van der Waals surface area contributed by atoms with Gasteiger partial charge in [0.05, 0.1) is 31.4 Å². The van der Waals surface area contributed by atoms with E-state index in [1.807, 2.05) is 0 Å². The van der Waals surface area contributed by atoms with Crippen LogP contribution in [0.5, 0.6) is 0 Å². The second-order valence-electron chi connectivity index (χ2n) is 8.81. The van der Waals surface area contributed by atoms with Gasteiger partial charge in [0.15, 0.2) is 0 Å². The summed E-state index contributed by atoms with van der Waals surface area (Å²) in [6.45, 7) is 4.72. The number of likely N-dealkylation sites (tertiary alicyclic amines) is 1. The fourth-order valence-corrected chi connectivity index (χ4v) is 5.11. The molecule has 0 aliphatic carbocycles. The zero-order valence-corrected chi connectivity index (χ0v) is 17.3. The molecule has 0 spiro atoms. The Kier molecular flexibility index (Phi) is 5.38. The molecule has 0 aromatic heterocycles. The maximum absolute atomic E-state index is 13.4. The summed E-state index contributed by atoms with van der Waals surface area (Å²) < 4.78 is 45.5. The zero-order valence-electron chi connectivity index (χ0n) is 17.3. The van der Waals surface area contributed by atoms with E-state index >= 15 is 0 Å². The minimum Gasteiger partial charge on any atom is -0.378 e. The molecule has 5 nitrogen and oxygen atoms in total. The Balaban J connectivity index is 1.25. The molecule has 166 valence electrons. The fraction of sp³-hybridized carbons (Fsp3) is 0.565. The molecule has 0 atom stereocenters. The van der Waals surface area contributed by atoms with Crippen LogP contribution in [0.4, 0.5) is 13.2 Å². The lowest BCUT2D eigenvalue weighted by Gasteiger charge is -2.40. The van der Waals surface area contributed by atoms with E-state index in [2.05, 4.69) is 9.89 Å². The van der Waals surface area contributed by atoms with Crippen molar-refractivity contribution in [2.45, 2.75) is 37.4 Å². The molecule has 8 heteroatoms. The molecule has 4 aliphatic rings. The van der Waals surface area contributed by atoms with Gasteiger partial charge < -0.3 is 9.64 Å². The maximum atomic E-state index is 13.4. The number of aliphatic imine (C=N–C) groups is 1. The number of hydrogen-bond donors (Lipinski definition) is 0. The molecular formula is C23H26F3N3O2. The highest BCUT2D eigenvalue weighted by molar-refractivity contribution is 6.46. The van der Waals surface area contributed by atoms with Gasteiger partial charge in [-0.15, -0.1) is 0 Å². The molecule has 4 heterocycles. The van der Waals surface area contributed by atoms with Gasteiger partial charge in [-0.05, 0) is 48.0 Å². The summed E-state index contributed by atoms with van der Waals surface area (Å²) in [7, 11) is 0. The first-order chi connectivity index (χ1) is 14.9. The minimum absolute atomic E-state index is 0.0701. The number of piperidine rings is 1. The molecule has 0 saturated carbocycles. The van der Waals surface area contributed by atoms with Crippen molar-refractivity contribution in [2.24, 2.45) is 4.99 Å². The van der Waals surface area contributed by atoms with Crippen molar-refractivity contribution in [3.8, 4) is 0 Å².